The highest BCUT2D eigenvalue weighted by molar-refractivity contribution is 9.10. The lowest BCUT2D eigenvalue weighted by molar-refractivity contribution is 0.186. The first kappa shape index (κ1) is 37.0. The predicted octanol–water partition coefficient (Wildman–Crippen LogP) is 6.69. The van der Waals surface area contributed by atoms with Gasteiger partial charge in [-0.1, -0.05) is 12.2 Å². The summed E-state index contributed by atoms with van der Waals surface area (Å²) in [5.74, 6) is -0.590. The number of hydrogen-bond acceptors (Lipinski definition) is 10. The summed E-state index contributed by atoms with van der Waals surface area (Å²) in [4.78, 5) is 22.6. The number of hydrogen-bond donors (Lipinski definition) is 4. The highest BCUT2D eigenvalue weighted by Gasteiger charge is 2.19. The van der Waals surface area contributed by atoms with Gasteiger partial charge in [-0.05, 0) is 75.3 Å². The third-order valence-corrected chi connectivity index (χ3v) is 9.48. The summed E-state index contributed by atoms with van der Waals surface area (Å²) in [5, 5.41) is 9.71. The van der Waals surface area contributed by atoms with E-state index in [1.807, 2.05) is 12.1 Å². The van der Waals surface area contributed by atoms with E-state index in [1.54, 1.807) is 13.1 Å². The number of nitrogens with zero attached hydrogens (tertiary/aromatic N) is 6. The fourth-order valence-electron chi connectivity index (χ4n) is 5.69. The number of fused-ring (bicyclic) bond motifs is 1. The van der Waals surface area contributed by atoms with E-state index < -0.39 is 11.6 Å². The Kier molecular flexibility index (Phi) is 13.0. The largest absolute Gasteiger partial charge is 0.434 e. The molecule has 0 bridgehead atoms. The predicted molar refractivity (Wildman–Crippen MR) is 200 cm³/mol. The molecule has 0 unspecified atom stereocenters. The van der Waals surface area contributed by atoms with Gasteiger partial charge < -0.3 is 40.4 Å². The van der Waals surface area contributed by atoms with E-state index in [0.29, 0.717) is 21.8 Å². The fraction of sp³-hybridized carbons (Fsp3) is 0.417. The Balaban J connectivity index is 0.000000234. The Bertz CT molecular complexity index is 1780. The monoisotopic (exact) mass is 752 g/mol. The number of piperazine rings is 2. The molecule has 0 radical (unpaired) electrons. The van der Waals surface area contributed by atoms with Crippen LogP contribution in [0.4, 0.5) is 26.1 Å². The molecule has 11 nitrogen and oxygen atoms in total. The fourth-order valence-corrected chi connectivity index (χ4v) is 6.07. The van der Waals surface area contributed by atoms with E-state index >= 15 is 0 Å². The number of benzene rings is 1. The number of likely N-dealkylation sites (N-methyl/N-ethyl adjacent to an activating group) is 1. The highest BCUT2D eigenvalue weighted by atomic mass is 79.9. The maximum atomic E-state index is 14.9. The van der Waals surface area contributed by atoms with Crippen molar-refractivity contribution in [2.24, 2.45) is 0 Å². The number of ether oxygens (including phenoxy) is 1. The van der Waals surface area contributed by atoms with E-state index in [9.17, 15) is 8.78 Å². The second-order valence-electron chi connectivity index (χ2n) is 12.4. The number of aromatic nitrogens is 4. The van der Waals surface area contributed by atoms with Gasteiger partial charge >= 0.3 is 0 Å². The zero-order valence-electron chi connectivity index (χ0n) is 29.4. The lowest BCUT2D eigenvalue weighted by Crippen LogP contribution is -2.43. The molecule has 0 amide bonds. The highest BCUT2D eigenvalue weighted by Crippen LogP contribution is 2.37. The van der Waals surface area contributed by atoms with Gasteiger partial charge in [0.05, 0.1) is 17.4 Å². The molecule has 7 rings (SSSR count). The van der Waals surface area contributed by atoms with Gasteiger partial charge in [-0.3, -0.25) is 0 Å². The van der Waals surface area contributed by atoms with Gasteiger partial charge in [0.15, 0.2) is 23.2 Å². The van der Waals surface area contributed by atoms with Crippen LogP contribution in [-0.4, -0.2) is 95.7 Å². The SMILES string of the molecule is C/C=C(\C)N1CCN(C)CC1.CC1=CCCN1.Cc1cc2c(F)c(Oc3ncnc(Nc4ccc(N5CCNCC5)cn4)c3Br)cc(F)c2[nH]1. The Labute approximate surface area is 301 Å². The number of halogens is 3. The Hall–Kier alpha value is -4.27. The number of rotatable bonds is 6. The molecule has 0 saturated carbocycles. The van der Waals surface area contributed by atoms with Gasteiger partial charge in [0.1, 0.15) is 16.6 Å². The standard InChI is InChI=1S/C22H20BrF2N7O.C9H18N2.C5H9N/c1-12-8-14-19(25)16(9-15(24)20(14)30-12)33-22-18(23)21(28-11-29-22)31-17-3-2-13(10-27-17)32-6-4-26-5-7-32;1-4-9(2)11-7-5-10(3)6-8-11;1-5-3-2-4-6-5/h2-3,8-11,26,30H,4-7H2,1H3,(H,27,28,29,31);4H,5-8H2,1-3H3;3,6H,2,4H2,1H3/b;9-4+;. The summed E-state index contributed by atoms with van der Waals surface area (Å²) in [6.07, 6.45) is 8.67. The van der Waals surface area contributed by atoms with Crippen LogP contribution in [-0.2, 0) is 0 Å². The van der Waals surface area contributed by atoms with Crippen LogP contribution < -0.4 is 25.6 Å². The smallest absolute Gasteiger partial charge is 0.239 e. The van der Waals surface area contributed by atoms with Crippen molar-refractivity contribution in [2.75, 3.05) is 76.2 Å². The third kappa shape index (κ3) is 9.70. The lowest BCUT2D eigenvalue weighted by atomic mass is 10.2. The molecule has 0 atom stereocenters. The summed E-state index contributed by atoms with van der Waals surface area (Å²) in [7, 11) is 2.18. The van der Waals surface area contributed by atoms with E-state index in [1.165, 1.54) is 56.4 Å². The molecular formula is C36H47BrF2N10O. The molecule has 2 fully saturated rings. The number of nitrogens with one attached hydrogen (secondary N) is 4. The molecule has 4 aromatic rings. The number of aromatic amines is 1. The Morgan fingerprint density at radius 3 is 2.38 bits per heavy atom. The number of aryl methyl sites for hydroxylation is 1. The minimum atomic E-state index is -0.680. The summed E-state index contributed by atoms with van der Waals surface area (Å²) in [6, 6.07) is 6.35. The van der Waals surface area contributed by atoms with Crippen LogP contribution in [0.2, 0.25) is 0 Å². The number of allylic oxidation sites excluding steroid dienone is 3. The third-order valence-electron chi connectivity index (χ3n) is 8.76. The van der Waals surface area contributed by atoms with Crippen LogP contribution in [0.3, 0.4) is 0 Å². The van der Waals surface area contributed by atoms with E-state index in [2.05, 4.69) is 106 Å². The molecule has 3 aromatic heterocycles. The molecule has 0 spiro atoms. The van der Waals surface area contributed by atoms with Crippen LogP contribution in [0, 0.1) is 18.6 Å². The molecule has 3 aliphatic rings. The van der Waals surface area contributed by atoms with Crippen molar-refractivity contribution < 1.29 is 13.5 Å². The molecule has 14 heteroatoms. The quantitative estimate of drug-likeness (QED) is 0.170. The number of H-pyrrole nitrogens is 1. The Morgan fingerprint density at radius 1 is 1.00 bits per heavy atom. The average Bonchev–Trinajstić information content (AvgIpc) is 3.78. The second kappa shape index (κ2) is 17.6. The molecule has 3 aliphatic heterocycles. The van der Waals surface area contributed by atoms with E-state index in [4.69, 9.17) is 4.74 Å². The molecule has 1 aromatic carbocycles. The summed E-state index contributed by atoms with van der Waals surface area (Å²) in [6.45, 7) is 17.8. The molecule has 0 aliphatic carbocycles. The first-order chi connectivity index (χ1) is 24.1. The molecule has 4 N–H and O–H groups in total. The molecule has 50 heavy (non-hydrogen) atoms. The van der Waals surface area contributed by atoms with Crippen molar-refractivity contribution in [2.45, 2.75) is 34.1 Å². The van der Waals surface area contributed by atoms with Crippen LogP contribution in [0.15, 0.2) is 64.8 Å². The van der Waals surface area contributed by atoms with Crippen molar-refractivity contribution in [3.05, 3.63) is 82.1 Å². The zero-order valence-corrected chi connectivity index (χ0v) is 31.0. The first-order valence-electron chi connectivity index (χ1n) is 16.9. The van der Waals surface area contributed by atoms with Crippen molar-refractivity contribution in [1.29, 1.82) is 0 Å². The molecule has 2 saturated heterocycles. The maximum Gasteiger partial charge on any atom is 0.239 e. The molecule has 6 heterocycles. The normalized spacial score (nSPS) is 16.6. The van der Waals surface area contributed by atoms with Crippen LogP contribution in [0.1, 0.15) is 32.9 Å². The van der Waals surface area contributed by atoms with Gasteiger partial charge in [-0.25, -0.2) is 23.7 Å². The van der Waals surface area contributed by atoms with Crippen molar-refractivity contribution in [3.63, 3.8) is 0 Å². The number of anilines is 3. The Morgan fingerprint density at radius 2 is 1.76 bits per heavy atom. The van der Waals surface area contributed by atoms with Gasteiger partial charge in [0, 0.05) is 87.4 Å². The second-order valence-corrected chi connectivity index (χ2v) is 13.2. The van der Waals surface area contributed by atoms with Crippen LogP contribution in [0.25, 0.3) is 10.9 Å². The lowest BCUT2D eigenvalue weighted by Gasteiger charge is -2.34. The van der Waals surface area contributed by atoms with Gasteiger partial charge in [-0.15, -0.1) is 0 Å². The van der Waals surface area contributed by atoms with Gasteiger partial charge in [0.25, 0.3) is 0 Å². The minimum absolute atomic E-state index is 0.0369. The maximum absolute atomic E-state index is 14.9. The summed E-state index contributed by atoms with van der Waals surface area (Å²) >= 11 is 3.39. The first-order valence-corrected chi connectivity index (χ1v) is 17.7. The van der Waals surface area contributed by atoms with Crippen LogP contribution in [0.5, 0.6) is 11.6 Å². The zero-order chi connectivity index (χ0) is 35.6. The van der Waals surface area contributed by atoms with Crippen molar-refractivity contribution in [1.82, 2.24) is 40.4 Å². The minimum Gasteiger partial charge on any atom is -0.434 e. The van der Waals surface area contributed by atoms with Gasteiger partial charge in [0.2, 0.25) is 5.88 Å². The molecular weight excluding hydrogens is 706 g/mol. The van der Waals surface area contributed by atoms with Crippen molar-refractivity contribution >= 4 is 44.2 Å². The van der Waals surface area contributed by atoms with Crippen LogP contribution >= 0.6 is 15.9 Å². The van der Waals surface area contributed by atoms with Crippen molar-refractivity contribution in [3.8, 4) is 11.6 Å². The van der Waals surface area contributed by atoms with Gasteiger partial charge in [-0.2, -0.15) is 0 Å². The topological polar surface area (TPSA) is 110 Å². The average molecular weight is 754 g/mol. The summed E-state index contributed by atoms with van der Waals surface area (Å²) < 4.78 is 35.3. The summed E-state index contributed by atoms with van der Waals surface area (Å²) in [5.41, 5.74) is 4.52. The van der Waals surface area contributed by atoms with E-state index in [-0.39, 0.29) is 22.5 Å². The molecule has 268 valence electrons. The number of pyridine rings is 1. The van der Waals surface area contributed by atoms with E-state index in [0.717, 1.165) is 44.5 Å².